The Morgan fingerprint density at radius 3 is 0.456 bits per heavy atom. The molecular formula is C112H200N24. The molecule has 0 amide bonds. The molecule has 8 aliphatic heterocycles. The zero-order chi connectivity index (χ0) is 99.7. The number of piperidine rings is 8. The van der Waals surface area contributed by atoms with Crippen molar-refractivity contribution >= 4 is 0 Å². The number of hydrogen-bond donors (Lipinski definition) is 0. The maximum Gasteiger partial charge on any atom is 0.105 e. The number of nitrogens with zero attached hydrogens (tertiary/aromatic N) is 24. The van der Waals surface area contributed by atoms with Crippen molar-refractivity contribution in [3.63, 3.8) is 0 Å². The summed E-state index contributed by atoms with van der Waals surface area (Å²) in [4.78, 5) is 55.3. The lowest BCUT2D eigenvalue weighted by molar-refractivity contribution is 0.0731. The van der Waals surface area contributed by atoms with Gasteiger partial charge in [0, 0.05) is 223 Å². The van der Waals surface area contributed by atoms with Crippen molar-refractivity contribution in [2.75, 3.05) is 105 Å². The van der Waals surface area contributed by atoms with Crippen LogP contribution in [0.4, 0.5) is 0 Å². The second-order valence-electron chi connectivity index (χ2n) is 50.4. The van der Waals surface area contributed by atoms with Crippen LogP contribution in [-0.4, -0.2) is 265 Å². The van der Waals surface area contributed by atoms with Gasteiger partial charge < -0.3 is 36.5 Å². The molecule has 24 heteroatoms. The molecule has 8 atom stereocenters. The molecule has 8 aromatic heterocycles. The molecule has 768 valence electrons. The van der Waals surface area contributed by atoms with Gasteiger partial charge in [-0.2, -0.15) is 0 Å². The number of aryl methyl sites for hydroxylation is 8. The minimum atomic E-state index is 0.308. The van der Waals surface area contributed by atoms with Gasteiger partial charge in [0.05, 0.1) is 48.1 Å². The van der Waals surface area contributed by atoms with Gasteiger partial charge in [0.25, 0.3) is 0 Å². The highest BCUT2D eigenvalue weighted by molar-refractivity contribution is 5.01. The number of hydrogen-bond acceptors (Lipinski definition) is 16. The number of aromatic nitrogens is 16. The van der Waals surface area contributed by atoms with Gasteiger partial charge in [-0.05, 0) is 424 Å². The molecule has 16 rings (SSSR count). The third kappa shape index (κ3) is 38.7. The smallest absolute Gasteiger partial charge is 0.105 e. The van der Waals surface area contributed by atoms with Gasteiger partial charge in [0.15, 0.2) is 0 Å². The largest absolute Gasteiger partial charge is 0.337 e. The Morgan fingerprint density at radius 2 is 0.346 bits per heavy atom. The number of imidazole rings is 8. The fraction of sp³-hybridized carbons (Fsp3) is 0.786. The Morgan fingerprint density at radius 1 is 0.206 bits per heavy atom. The second-order valence-corrected chi connectivity index (χ2v) is 50.4. The molecule has 8 aromatic rings. The average molecular weight is 1880 g/mol. The van der Waals surface area contributed by atoms with Crippen LogP contribution in [0.3, 0.4) is 0 Å². The molecule has 0 saturated carbocycles. The fourth-order valence-corrected chi connectivity index (χ4v) is 21.6. The molecule has 0 radical (unpaired) electrons. The van der Waals surface area contributed by atoms with Gasteiger partial charge in [-0.25, -0.2) is 39.9 Å². The van der Waals surface area contributed by atoms with Crippen LogP contribution in [0.15, 0.2) is 99.7 Å². The van der Waals surface area contributed by atoms with Crippen LogP contribution in [0.2, 0.25) is 0 Å². The lowest BCUT2D eigenvalue weighted by Crippen LogP contribution is -2.47. The monoisotopic (exact) mass is 1880 g/mol. The van der Waals surface area contributed by atoms with Crippen molar-refractivity contribution in [3.8, 4) is 0 Å². The molecule has 8 fully saturated rings. The molecule has 8 saturated heterocycles. The Bertz CT molecular complexity index is 4050. The van der Waals surface area contributed by atoms with E-state index in [0.717, 1.165) is 146 Å². The van der Waals surface area contributed by atoms with Crippen molar-refractivity contribution in [2.24, 2.45) is 47.3 Å². The fourth-order valence-electron chi connectivity index (χ4n) is 21.6. The second kappa shape index (κ2) is 51.4. The highest BCUT2D eigenvalue weighted by Gasteiger charge is 2.36. The summed E-state index contributed by atoms with van der Waals surface area (Å²) in [7, 11) is 0. The zero-order valence-corrected chi connectivity index (χ0v) is 92.9. The lowest BCUT2D eigenvalue weighted by Gasteiger charge is -2.41. The molecule has 16 heterocycles. The van der Waals surface area contributed by atoms with E-state index in [1.54, 1.807) is 0 Å². The molecule has 0 spiro atoms. The predicted molar refractivity (Wildman–Crippen MR) is 568 cm³/mol. The van der Waals surface area contributed by atoms with Crippen molar-refractivity contribution in [3.05, 3.63) is 146 Å². The lowest BCUT2D eigenvalue weighted by atomic mass is 9.93. The summed E-state index contributed by atoms with van der Waals surface area (Å²) >= 11 is 0. The molecule has 24 nitrogen and oxygen atoms in total. The van der Waals surface area contributed by atoms with Crippen LogP contribution in [0.5, 0.6) is 0 Å². The topological polar surface area (TPSA) is 168 Å². The van der Waals surface area contributed by atoms with E-state index in [1.165, 1.54) is 207 Å². The third-order valence-electron chi connectivity index (χ3n) is 30.2. The van der Waals surface area contributed by atoms with Gasteiger partial charge in [-0.1, -0.05) is 0 Å². The van der Waals surface area contributed by atoms with Crippen molar-refractivity contribution in [1.82, 2.24) is 116 Å². The van der Waals surface area contributed by atoms with Crippen LogP contribution in [0.1, 0.15) is 315 Å². The van der Waals surface area contributed by atoms with E-state index in [9.17, 15) is 0 Å². The maximum atomic E-state index is 4.30. The Labute approximate surface area is 829 Å². The van der Waals surface area contributed by atoms with E-state index in [1.807, 2.05) is 50.1 Å². The molecule has 0 aromatic carbocycles. The molecule has 0 aliphatic carbocycles. The quantitative estimate of drug-likeness (QED) is 0.0895. The summed E-state index contributed by atoms with van der Waals surface area (Å²) in [5.74, 6) is 10.7. The van der Waals surface area contributed by atoms with Crippen molar-refractivity contribution in [2.45, 2.75) is 421 Å². The van der Waals surface area contributed by atoms with Crippen LogP contribution < -0.4 is 0 Å². The Hall–Kier alpha value is -6.64. The number of rotatable bonds is 16. The molecule has 0 N–H and O–H groups in total. The summed E-state index contributed by atoms with van der Waals surface area (Å²) in [5, 5.41) is 0. The van der Waals surface area contributed by atoms with Gasteiger partial charge >= 0.3 is 0 Å². The van der Waals surface area contributed by atoms with E-state index in [4.69, 9.17) is 0 Å². The highest BCUT2D eigenvalue weighted by Crippen LogP contribution is 2.34. The van der Waals surface area contributed by atoms with Gasteiger partial charge in [-0.3, -0.25) is 39.2 Å². The minimum absolute atomic E-state index is 0.308. The standard InChI is InChI=1S/8C14H25N3/c4*1-12-15-7-9-16(12)10-13-6-5-8-17(11-13)14(2,3)4;4*1-12-8-16(11-15-12)9-13-6-5-7-17(10-13)14(2,3)4/h4*7,9,13H,5-6,8,10-11H2,1-4H3;4*8,11,13H,5-7,9-10H2,1-4H3/t8*13-/m11001110/s1. The van der Waals surface area contributed by atoms with E-state index in [2.05, 4.69) is 387 Å². The Kier molecular flexibility index (Phi) is 42.7. The normalized spacial score (nSPS) is 22.9. The first-order valence-electron chi connectivity index (χ1n) is 53.5. The van der Waals surface area contributed by atoms with Crippen molar-refractivity contribution < 1.29 is 0 Å². The van der Waals surface area contributed by atoms with Gasteiger partial charge in [0.1, 0.15) is 23.3 Å². The first-order chi connectivity index (χ1) is 63.7. The summed E-state index contributed by atoms with van der Waals surface area (Å²) in [5.41, 5.74) is 6.94. The molecular weight excluding hydrogens is 1680 g/mol. The summed E-state index contributed by atoms with van der Waals surface area (Å²) in [6, 6.07) is 0. The van der Waals surface area contributed by atoms with Crippen LogP contribution in [0, 0.1) is 103 Å². The van der Waals surface area contributed by atoms with Gasteiger partial charge in [0.2, 0.25) is 0 Å². The van der Waals surface area contributed by atoms with Crippen molar-refractivity contribution in [1.29, 1.82) is 0 Å². The highest BCUT2D eigenvalue weighted by atomic mass is 15.3. The van der Waals surface area contributed by atoms with Crippen LogP contribution >= 0.6 is 0 Å². The summed E-state index contributed by atoms with van der Waals surface area (Å²) in [6.45, 7) is 101. The zero-order valence-electron chi connectivity index (χ0n) is 92.9. The number of likely N-dealkylation sites (tertiary alicyclic amines) is 8. The molecule has 8 aliphatic rings. The maximum absolute atomic E-state index is 4.30. The molecule has 136 heavy (non-hydrogen) atoms. The van der Waals surface area contributed by atoms with E-state index in [0.29, 0.717) is 44.3 Å². The first kappa shape index (κ1) is 113. The Balaban J connectivity index is 0.000000174. The predicted octanol–water partition coefficient (Wildman–Crippen LogP) is 21.6. The third-order valence-corrected chi connectivity index (χ3v) is 30.2. The van der Waals surface area contributed by atoms with E-state index >= 15 is 0 Å². The summed E-state index contributed by atoms with van der Waals surface area (Å²) in [6.07, 6.45) is 53.9. The minimum Gasteiger partial charge on any atom is -0.337 e. The summed E-state index contributed by atoms with van der Waals surface area (Å²) < 4.78 is 18.1. The molecule has 0 unspecified atom stereocenters. The molecule has 0 bridgehead atoms. The van der Waals surface area contributed by atoms with E-state index < -0.39 is 0 Å². The first-order valence-corrected chi connectivity index (χ1v) is 53.5. The average Bonchev–Trinajstić information content (AvgIpc) is 1.50. The van der Waals surface area contributed by atoms with Crippen LogP contribution in [-0.2, 0) is 52.4 Å². The van der Waals surface area contributed by atoms with E-state index in [-0.39, 0.29) is 0 Å². The van der Waals surface area contributed by atoms with Crippen LogP contribution in [0.25, 0.3) is 0 Å². The van der Waals surface area contributed by atoms with Gasteiger partial charge in [-0.15, -0.1) is 0 Å². The SMILES string of the molecule is Cc1cn(C[C@@H]2CCCN(C(C)(C)C)C2)cn1.Cc1cn(C[C@H]2CCCN(C(C)(C)C)C2)cn1.Cc1cn(C[C@H]2CCCN(C(C)(C)C)C2)cn1.Cc1cn(C[C@H]2CCCN(C(C)(C)C)C2)cn1.Cc1nccn1C[C@@H]1CCCN(C(C)(C)C)C1.Cc1nccn1C[C@@H]1CCCN(C(C)(C)C)C1.Cc1nccn1C[C@H]1CCCN(C(C)(C)C)C1.Cc1nccn1C[C@H]1CCCN(C(C)(C)C)C1.